The van der Waals surface area contributed by atoms with Crippen LogP contribution in [-0.2, 0) is 4.74 Å². The molecule has 0 aliphatic heterocycles. The summed E-state index contributed by atoms with van der Waals surface area (Å²) >= 11 is 13.3. The molecule has 0 aliphatic rings. The molecule has 148 valence electrons. The van der Waals surface area contributed by atoms with E-state index in [0.29, 0.717) is 43.8 Å². The number of carbonyl (C=O) groups is 1. The number of ether oxygens (including phenoxy) is 2. The topological polar surface area (TPSA) is 74.5 Å². The lowest BCUT2D eigenvalue weighted by atomic mass is 10.2. The molecule has 0 fully saturated rings. The maximum absolute atomic E-state index is 11.9. The second kappa shape index (κ2) is 10.2. The molecule has 0 unspecified atom stereocenters. The predicted molar refractivity (Wildman–Crippen MR) is 112 cm³/mol. The first-order valence-electron chi connectivity index (χ1n) is 8.25. The zero-order chi connectivity index (χ0) is 20.6. The third-order valence-electron chi connectivity index (χ3n) is 3.56. The summed E-state index contributed by atoms with van der Waals surface area (Å²) < 4.78 is 15.7. The highest BCUT2D eigenvalue weighted by atomic mass is 35.5. The molecule has 29 heavy (non-hydrogen) atoms. The number of nitrogens with zero attached hydrogens (tertiary/aromatic N) is 2. The van der Waals surface area contributed by atoms with E-state index in [1.807, 2.05) is 0 Å². The summed E-state index contributed by atoms with van der Waals surface area (Å²) in [4.78, 5) is 11.9. The van der Waals surface area contributed by atoms with E-state index in [-0.39, 0.29) is 6.61 Å². The van der Waals surface area contributed by atoms with Crippen LogP contribution in [0.25, 0.3) is 11.5 Å². The number of hydrogen-bond acceptors (Lipinski definition) is 7. The molecule has 1 heterocycles. The number of esters is 1. The molecular formula is C20H14Cl2N2O4S. The summed E-state index contributed by atoms with van der Waals surface area (Å²) in [5, 5.41) is 9.22. The molecule has 1 aromatic heterocycles. The lowest BCUT2D eigenvalue weighted by Gasteiger charge is -2.02. The quantitative estimate of drug-likeness (QED) is 0.298. The van der Waals surface area contributed by atoms with E-state index < -0.39 is 5.97 Å². The summed E-state index contributed by atoms with van der Waals surface area (Å²) in [5.41, 5.74) is 1.04. The van der Waals surface area contributed by atoms with E-state index in [1.165, 1.54) is 11.8 Å². The number of hydrogen-bond donors (Lipinski definition) is 0. The highest BCUT2D eigenvalue weighted by molar-refractivity contribution is 7.99. The van der Waals surface area contributed by atoms with Gasteiger partial charge in [-0.3, -0.25) is 0 Å². The fourth-order valence-electron chi connectivity index (χ4n) is 2.15. The molecule has 0 spiro atoms. The first-order valence-corrected chi connectivity index (χ1v) is 9.99. The van der Waals surface area contributed by atoms with Gasteiger partial charge in [-0.15, -0.1) is 10.2 Å². The minimum absolute atomic E-state index is 0.0130. The minimum atomic E-state index is -0.448. The number of halogens is 2. The van der Waals surface area contributed by atoms with Crippen LogP contribution in [0.15, 0.2) is 52.1 Å². The zero-order valence-electron chi connectivity index (χ0n) is 15.1. The van der Waals surface area contributed by atoms with E-state index >= 15 is 0 Å². The Hall–Kier alpha value is -2.66. The number of aromatic nitrogens is 2. The molecule has 0 bridgehead atoms. The van der Waals surface area contributed by atoms with Crippen molar-refractivity contribution in [3.8, 4) is 29.0 Å². The van der Waals surface area contributed by atoms with Crippen LogP contribution in [-0.4, -0.2) is 35.6 Å². The molecule has 0 N–H and O–H groups in total. The molecule has 0 atom stereocenters. The lowest BCUT2D eigenvalue weighted by molar-refractivity contribution is 0.0556. The molecule has 0 aliphatic carbocycles. The molecule has 3 rings (SSSR count). The van der Waals surface area contributed by atoms with Crippen molar-refractivity contribution in [2.75, 3.05) is 19.5 Å². The molecule has 9 heteroatoms. The van der Waals surface area contributed by atoms with Crippen LogP contribution < -0.4 is 4.74 Å². The standard InChI is InChI=1S/C20H14Cl2N2O4S/c1-26-15-7-4-13(5-8-15)19(25)27-10-2-3-11-29-20-24-23-18(28-20)16-9-6-14(21)12-17(16)22/h4-9,12H,10-11H2,1H3. The van der Waals surface area contributed by atoms with Crippen molar-refractivity contribution in [3.63, 3.8) is 0 Å². The number of rotatable bonds is 6. The van der Waals surface area contributed by atoms with Gasteiger partial charge in [-0.2, -0.15) is 0 Å². The van der Waals surface area contributed by atoms with Crippen molar-refractivity contribution >= 4 is 40.9 Å². The van der Waals surface area contributed by atoms with Gasteiger partial charge >= 0.3 is 5.97 Å². The smallest absolute Gasteiger partial charge is 0.339 e. The van der Waals surface area contributed by atoms with Gasteiger partial charge in [-0.05, 0) is 42.5 Å². The summed E-state index contributed by atoms with van der Waals surface area (Å²) in [7, 11) is 1.56. The number of benzene rings is 2. The van der Waals surface area contributed by atoms with Crippen LogP contribution >= 0.6 is 35.0 Å². The second-order valence-electron chi connectivity index (χ2n) is 5.44. The van der Waals surface area contributed by atoms with Gasteiger partial charge in [-0.25, -0.2) is 4.79 Å². The molecule has 0 saturated carbocycles. The van der Waals surface area contributed by atoms with E-state index in [0.717, 1.165) is 0 Å². The Morgan fingerprint density at radius 3 is 2.66 bits per heavy atom. The fourth-order valence-corrected chi connectivity index (χ4v) is 3.18. The molecule has 0 radical (unpaired) electrons. The van der Waals surface area contributed by atoms with Gasteiger partial charge < -0.3 is 13.9 Å². The normalized spacial score (nSPS) is 10.2. The van der Waals surface area contributed by atoms with Crippen LogP contribution in [0.1, 0.15) is 10.4 Å². The number of carbonyl (C=O) groups excluding carboxylic acids is 1. The van der Waals surface area contributed by atoms with Crippen LogP contribution in [0.4, 0.5) is 0 Å². The highest BCUT2D eigenvalue weighted by Crippen LogP contribution is 2.30. The lowest BCUT2D eigenvalue weighted by Crippen LogP contribution is -2.05. The fraction of sp³-hybridized carbons (Fsp3) is 0.150. The molecule has 3 aromatic rings. The van der Waals surface area contributed by atoms with E-state index in [2.05, 4.69) is 22.0 Å². The predicted octanol–water partition coefficient (Wildman–Crippen LogP) is 5.00. The van der Waals surface area contributed by atoms with Crippen LogP contribution in [0, 0.1) is 11.8 Å². The van der Waals surface area contributed by atoms with Gasteiger partial charge in [0.2, 0.25) is 5.89 Å². The van der Waals surface area contributed by atoms with E-state index in [4.69, 9.17) is 37.1 Å². The summed E-state index contributed by atoms with van der Waals surface area (Å²) in [6, 6.07) is 11.6. The molecule has 2 aromatic carbocycles. The van der Waals surface area contributed by atoms with Crippen molar-refractivity contribution in [2.24, 2.45) is 0 Å². The Morgan fingerprint density at radius 1 is 1.14 bits per heavy atom. The van der Waals surface area contributed by atoms with Crippen molar-refractivity contribution in [2.45, 2.75) is 5.22 Å². The first kappa shape index (κ1) is 21.1. The number of methoxy groups -OCH3 is 1. The van der Waals surface area contributed by atoms with Crippen LogP contribution in [0.3, 0.4) is 0 Å². The summed E-state index contributed by atoms with van der Waals surface area (Å²) in [5.74, 6) is 6.56. The van der Waals surface area contributed by atoms with Crippen LogP contribution in [0.5, 0.6) is 5.75 Å². The van der Waals surface area contributed by atoms with Gasteiger partial charge in [0.15, 0.2) is 6.61 Å². The Bertz CT molecular complexity index is 1060. The van der Waals surface area contributed by atoms with Crippen molar-refractivity contribution < 1.29 is 18.7 Å². The van der Waals surface area contributed by atoms with Crippen molar-refractivity contribution in [1.29, 1.82) is 0 Å². The van der Waals surface area contributed by atoms with Gasteiger partial charge in [0.1, 0.15) is 5.75 Å². The van der Waals surface area contributed by atoms with E-state index in [1.54, 1.807) is 49.6 Å². The maximum Gasteiger partial charge on any atom is 0.339 e. The van der Waals surface area contributed by atoms with Crippen molar-refractivity contribution in [1.82, 2.24) is 10.2 Å². The Morgan fingerprint density at radius 2 is 1.93 bits per heavy atom. The Labute approximate surface area is 181 Å². The zero-order valence-corrected chi connectivity index (χ0v) is 17.5. The van der Waals surface area contributed by atoms with Crippen LogP contribution in [0.2, 0.25) is 10.0 Å². The number of thioether (sulfide) groups is 1. The first-order chi connectivity index (χ1) is 14.1. The van der Waals surface area contributed by atoms with Crippen molar-refractivity contribution in [3.05, 3.63) is 58.1 Å². The SMILES string of the molecule is COc1ccc(C(=O)OCC#CCSc2nnc(-c3ccc(Cl)cc3Cl)o2)cc1. The summed E-state index contributed by atoms with van der Waals surface area (Å²) in [6.45, 7) is -0.0130. The molecule has 0 amide bonds. The Balaban J connectivity index is 1.45. The molecule has 0 saturated heterocycles. The minimum Gasteiger partial charge on any atom is -0.497 e. The van der Waals surface area contributed by atoms with Gasteiger partial charge in [0.05, 0.1) is 29.0 Å². The largest absolute Gasteiger partial charge is 0.497 e. The van der Waals surface area contributed by atoms with Gasteiger partial charge in [0.25, 0.3) is 5.22 Å². The molecular weight excluding hydrogens is 435 g/mol. The maximum atomic E-state index is 11.9. The highest BCUT2D eigenvalue weighted by Gasteiger charge is 2.12. The summed E-state index contributed by atoms with van der Waals surface area (Å²) in [6.07, 6.45) is 0. The Kier molecular flexibility index (Phi) is 7.42. The second-order valence-corrected chi connectivity index (χ2v) is 7.21. The van der Waals surface area contributed by atoms with Gasteiger partial charge in [0, 0.05) is 5.02 Å². The average molecular weight is 449 g/mol. The third kappa shape index (κ3) is 5.91. The average Bonchev–Trinajstić information content (AvgIpc) is 3.19. The third-order valence-corrected chi connectivity index (χ3v) is 4.81. The monoisotopic (exact) mass is 448 g/mol. The van der Waals surface area contributed by atoms with E-state index in [9.17, 15) is 4.79 Å². The van der Waals surface area contributed by atoms with Gasteiger partial charge in [-0.1, -0.05) is 46.8 Å². The molecule has 6 nitrogen and oxygen atoms in total.